The van der Waals surface area contributed by atoms with E-state index in [1.807, 2.05) is 6.92 Å². The summed E-state index contributed by atoms with van der Waals surface area (Å²) in [5.41, 5.74) is 0. The van der Waals surface area contributed by atoms with Gasteiger partial charge in [0.2, 0.25) is 0 Å². The summed E-state index contributed by atoms with van der Waals surface area (Å²) >= 11 is 2.89. The van der Waals surface area contributed by atoms with E-state index in [4.69, 9.17) is 19.8 Å². The average molecular weight is 375 g/mol. The molecule has 108 valence electrons. The van der Waals surface area contributed by atoms with Gasteiger partial charge in [-0.05, 0) is 29.8 Å². The molecule has 1 heterocycles. The molecule has 1 amide bonds. The molecule has 0 spiro atoms. The maximum atomic E-state index is 11.7. The lowest BCUT2D eigenvalue weighted by Gasteiger charge is -2.11. The van der Waals surface area contributed by atoms with E-state index in [1.165, 1.54) is 0 Å². The molecular weight excluding hydrogens is 362 g/mol. The highest BCUT2D eigenvalue weighted by molar-refractivity contribution is 9.10. The third-order valence-corrected chi connectivity index (χ3v) is 4.32. The number of furan rings is 1. The SMILES string of the molecule is CCOC(C)CNC(=O)c1cc(S(=O)(=O)Cl)c(Br)o1. The number of halogens is 2. The van der Waals surface area contributed by atoms with Crippen molar-refractivity contribution in [2.75, 3.05) is 13.2 Å². The van der Waals surface area contributed by atoms with Crippen LogP contribution in [0.5, 0.6) is 0 Å². The Labute approximate surface area is 124 Å². The third kappa shape index (κ3) is 4.79. The molecule has 1 unspecified atom stereocenters. The Hall–Kier alpha value is -0.570. The van der Waals surface area contributed by atoms with Crippen molar-refractivity contribution in [1.29, 1.82) is 0 Å². The van der Waals surface area contributed by atoms with Crippen molar-refractivity contribution in [2.45, 2.75) is 24.8 Å². The molecule has 0 fully saturated rings. The fourth-order valence-corrected chi connectivity index (χ4v) is 3.33. The molecule has 0 saturated carbocycles. The zero-order valence-corrected chi connectivity index (χ0v) is 13.4. The fraction of sp³-hybridized carbons (Fsp3) is 0.500. The van der Waals surface area contributed by atoms with Crippen molar-refractivity contribution in [3.63, 3.8) is 0 Å². The molecule has 1 rings (SSSR count). The number of amides is 1. The molecular formula is C10H13BrClNO5S. The number of hydrogen-bond acceptors (Lipinski definition) is 5. The van der Waals surface area contributed by atoms with Crippen LogP contribution in [0.1, 0.15) is 24.4 Å². The first-order valence-corrected chi connectivity index (χ1v) is 8.49. The van der Waals surface area contributed by atoms with E-state index in [2.05, 4.69) is 21.2 Å². The van der Waals surface area contributed by atoms with Crippen molar-refractivity contribution in [2.24, 2.45) is 0 Å². The minimum absolute atomic E-state index is 0.106. The van der Waals surface area contributed by atoms with E-state index in [1.54, 1.807) is 6.92 Å². The molecule has 19 heavy (non-hydrogen) atoms. The van der Waals surface area contributed by atoms with Crippen LogP contribution in [-0.2, 0) is 13.8 Å². The van der Waals surface area contributed by atoms with Crippen LogP contribution >= 0.6 is 26.6 Å². The van der Waals surface area contributed by atoms with Crippen LogP contribution in [0.4, 0.5) is 0 Å². The van der Waals surface area contributed by atoms with Gasteiger partial charge in [-0.25, -0.2) is 8.42 Å². The molecule has 0 aliphatic rings. The van der Waals surface area contributed by atoms with Crippen molar-refractivity contribution >= 4 is 41.6 Å². The van der Waals surface area contributed by atoms with Gasteiger partial charge < -0.3 is 14.5 Å². The van der Waals surface area contributed by atoms with Gasteiger partial charge in [-0.2, -0.15) is 0 Å². The molecule has 0 bridgehead atoms. The second-order valence-electron chi connectivity index (χ2n) is 3.66. The monoisotopic (exact) mass is 373 g/mol. The molecule has 1 aromatic rings. The Balaban J connectivity index is 2.74. The van der Waals surface area contributed by atoms with Crippen LogP contribution in [0, 0.1) is 0 Å². The molecule has 0 saturated heterocycles. The normalized spacial score (nSPS) is 13.3. The van der Waals surface area contributed by atoms with Crippen LogP contribution in [0.15, 0.2) is 20.0 Å². The maximum Gasteiger partial charge on any atom is 0.287 e. The highest BCUT2D eigenvalue weighted by Gasteiger charge is 2.23. The van der Waals surface area contributed by atoms with Crippen LogP contribution < -0.4 is 5.32 Å². The van der Waals surface area contributed by atoms with E-state index in [-0.39, 0.29) is 28.0 Å². The van der Waals surface area contributed by atoms with Gasteiger partial charge in [0.15, 0.2) is 10.4 Å². The summed E-state index contributed by atoms with van der Waals surface area (Å²) in [6.45, 7) is 4.47. The van der Waals surface area contributed by atoms with E-state index in [0.29, 0.717) is 6.61 Å². The molecule has 1 N–H and O–H groups in total. The molecule has 0 aliphatic heterocycles. The van der Waals surface area contributed by atoms with Gasteiger partial charge in [-0.3, -0.25) is 4.79 Å². The fourth-order valence-electron chi connectivity index (χ4n) is 1.30. The summed E-state index contributed by atoms with van der Waals surface area (Å²) in [5.74, 6) is -0.686. The Morgan fingerprint density at radius 2 is 2.26 bits per heavy atom. The van der Waals surface area contributed by atoms with Gasteiger partial charge in [0, 0.05) is 29.9 Å². The lowest BCUT2D eigenvalue weighted by molar-refractivity contribution is 0.0684. The van der Waals surface area contributed by atoms with Gasteiger partial charge >= 0.3 is 0 Å². The molecule has 6 nitrogen and oxygen atoms in total. The molecule has 1 atom stereocenters. The minimum atomic E-state index is -3.96. The summed E-state index contributed by atoms with van der Waals surface area (Å²) < 4.78 is 32.5. The lowest BCUT2D eigenvalue weighted by Crippen LogP contribution is -2.31. The van der Waals surface area contributed by atoms with Crippen molar-refractivity contribution < 1.29 is 22.4 Å². The number of ether oxygens (including phenoxy) is 1. The highest BCUT2D eigenvalue weighted by Crippen LogP contribution is 2.28. The lowest BCUT2D eigenvalue weighted by atomic mass is 10.3. The number of carbonyl (C=O) groups is 1. The van der Waals surface area contributed by atoms with E-state index in [0.717, 1.165) is 6.07 Å². The first-order chi connectivity index (χ1) is 8.75. The first-order valence-electron chi connectivity index (χ1n) is 5.39. The Bertz CT molecular complexity index is 556. The molecule has 9 heteroatoms. The molecule has 1 aromatic heterocycles. The van der Waals surface area contributed by atoms with Crippen LogP contribution in [0.3, 0.4) is 0 Å². The quantitative estimate of drug-likeness (QED) is 0.771. The van der Waals surface area contributed by atoms with Gasteiger partial charge in [0.05, 0.1) is 6.10 Å². The predicted octanol–water partition coefficient (Wildman–Crippen LogP) is 2.12. The van der Waals surface area contributed by atoms with E-state index in [9.17, 15) is 13.2 Å². The summed E-state index contributed by atoms with van der Waals surface area (Å²) in [7, 11) is 1.22. The molecule has 0 radical (unpaired) electrons. The Morgan fingerprint density at radius 1 is 1.63 bits per heavy atom. The zero-order chi connectivity index (χ0) is 14.6. The largest absolute Gasteiger partial charge is 0.443 e. The van der Waals surface area contributed by atoms with Crippen LogP contribution in [0.2, 0.25) is 0 Å². The van der Waals surface area contributed by atoms with E-state index < -0.39 is 15.0 Å². The molecule has 0 aliphatic carbocycles. The predicted molar refractivity (Wildman–Crippen MR) is 72.9 cm³/mol. The summed E-state index contributed by atoms with van der Waals surface area (Å²) in [4.78, 5) is 11.4. The van der Waals surface area contributed by atoms with Gasteiger partial charge in [-0.15, -0.1) is 0 Å². The Morgan fingerprint density at radius 3 is 2.74 bits per heavy atom. The average Bonchev–Trinajstić information content (AvgIpc) is 2.68. The number of nitrogens with one attached hydrogen (secondary N) is 1. The Kier molecular flexibility index (Phi) is 5.84. The smallest absolute Gasteiger partial charge is 0.287 e. The third-order valence-electron chi connectivity index (χ3n) is 2.14. The topological polar surface area (TPSA) is 85.6 Å². The van der Waals surface area contributed by atoms with Crippen molar-refractivity contribution in [1.82, 2.24) is 5.32 Å². The highest BCUT2D eigenvalue weighted by atomic mass is 79.9. The number of carbonyl (C=O) groups excluding carboxylic acids is 1. The van der Waals surface area contributed by atoms with Crippen molar-refractivity contribution in [3.05, 3.63) is 16.5 Å². The van der Waals surface area contributed by atoms with Crippen molar-refractivity contribution in [3.8, 4) is 0 Å². The number of hydrogen-bond donors (Lipinski definition) is 1. The van der Waals surface area contributed by atoms with Gasteiger partial charge in [0.25, 0.3) is 15.0 Å². The second kappa shape index (κ2) is 6.74. The maximum absolute atomic E-state index is 11.7. The molecule has 0 aromatic carbocycles. The minimum Gasteiger partial charge on any atom is -0.443 e. The summed E-state index contributed by atoms with van der Waals surface area (Å²) in [6, 6.07) is 1.06. The first kappa shape index (κ1) is 16.5. The second-order valence-corrected chi connectivity index (χ2v) is 6.92. The van der Waals surface area contributed by atoms with Crippen LogP contribution in [0.25, 0.3) is 0 Å². The van der Waals surface area contributed by atoms with Gasteiger partial charge in [-0.1, -0.05) is 0 Å². The number of rotatable bonds is 6. The van der Waals surface area contributed by atoms with Gasteiger partial charge in [0.1, 0.15) is 4.90 Å². The van der Waals surface area contributed by atoms with E-state index >= 15 is 0 Å². The summed E-state index contributed by atoms with van der Waals surface area (Å²) in [6.07, 6.45) is -0.149. The zero-order valence-electron chi connectivity index (χ0n) is 10.3. The standard InChI is InChI=1S/C10H13BrClNO5S/c1-3-17-6(2)5-13-10(14)7-4-8(9(11)18-7)19(12,15)16/h4,6H,3,5H2,1-2H3,(H,13,14). The summed E-state index contributed by atoms with van der Waals surface area (Å²) in [5, 5.41) is 2.56. The van der Waals surface area contributed by atoms with Crippen LogP contribution in [-0.4, -0.2) is 33.6 Å².